The van der Waals surface area contributed by atoms with E-state index in [0.717, 1.165) is 12.0 Å². The molecule has 2 rings (SSSR count). The van der Waals surface area contributed by atoms with Gasteiger partial charge < -0.3 is 20.3 Å². The molecule has 0 heterocycles. The molecular weight excluding hydrogens is 266 g/mol. The summed E-state index contributed by atoms with van der Waals surface area (Å²) in [5.41, 5.74) is 2.13. The first-order valence-electron chi connectivity index (χ1n) is 6.97. The molecule has 2 aromatic rings. The summed E-state index contributed by atoms with van der Waals surface area (Å²) >= 11 is 0. The number of rotatable bonds is 7. The van der Waals surface area contributed by atoms with E-state index in [1.807, 2.05) is 36.4 Å². The molecule has 1 atom stereocenters. The predicted octanol–water partition coefficient (Wildman–Crippen LogP) is 2.09. The Labute approximate surface area is 125 Å². The zero-order valence-electron chi connectivity index (χ0n) is 12.1. The van der Waals surface area contributed by atoms with Crippen LogP contribution in [0.25, 0.3) is 0 Å². The van der Waals surface area contributed by atoms with Crippen molar-refractivity contribution in [2.24, 2.45) is 0 Å². The number of aromatic hydroxyl groups is 1. The van der Waals surface area contributed by atoms with Gasteiger partial charge in [0.05, 0.1) is 13.7 Å². The Morgan fingerprint density at radius 3 is 2.48 bits per heavy atom. The normalized spacial score (nSPS) is 12.1. The van der Waals surface area contributed by atoms with Gasteiger partial charge >= 0.3 is 0 Å². The highest BCUT2D eigenvalue weighted by atomic mass is 16.5. The second kappa shape index (κ2) is 7.67. The fraction of sp³-hybridized carbons (Fsp3) is 0.294. The largest absolute Gasteiger partial charge is 0.504 e. The van der Waals surface area contributed by atoms with Crippen molar-refractivity contribution >= 4 is 0 Å². The van der Waals surface area contributed by atoms with Crippen molar-refractivity contribution in [1.29, 1.82) is 0 Å². The minimum atomic E-state index is -0.0170. The molecule has 0 spiro atoms. The molecule has 2 aromatic carbocycles. The van der Waals surface area contributed by atoms with E-state index in [0.29, 0.717) is 12.3 Å². The summed E-state index contributed by atoms with van der Waals surface area (Å²) in [7, 11) is 1.52. The summed E-state index contributed by atoms with van der Waals surface area (Å²) in [4.78, 5) is 0. The number of phenols is 1. The number of hydrogen-bond donors (Lipinski definition) is 3. The molecule has 112 valence electrons. The first-order chi connectivity index (χ1) is 10.2. The first kappa shape index (κ1) is 15.4. The lowest BCUT2D eigenvalue weighted by atomic mass is 10.1. The lowest BCUT2D eigenvalue weighted by Crippen LogP contribution is -2.34. The molecule has 21 heavy (non-hydrogen) atoms. The number of methoxy groups -OCH3 is 1. The van der Waals surface area contributed by atoms with Crippen molar-refractivity contribution in [3.05, 3.63) is 59.7 Å². The van der Waals surface area contributed by atoms with Crippen molar-refractivity contribution in [2.75, 3.05) is 13.7 Å². The monoisotopic (exact) mass is 287 g/mol. The molecule has 4 nitrogen and oxygen atoms in total. The number of benzene rings is 2. The van der Waals surface area contributed by atoms with E-state index in [1.165, 1.54) is 12.7 Å². The molecule has 0 radical (unpaired) electrons. The van der Waals surface area contributed by atoms with E-state index in [9.17, 15) is 10.2 Å². The molecule has 0 amide bonds. The molecule has 0 unspecified atom stereocenters. The third-order valence-electron chi connectivity index (χ3n) is 3.38. The van der Waals surface area contributed by atoms with Crippen LogP contribution in [0.1, 0.15) is 11.1 Å². The Hall–Kier alpha value is -2.04. The van der Waals surface area contributed by atoms with Crippen LogP contribution in [-0.4, -0.2) is 30.0 Å². The van der Waals surface area contributed by atoms with Crippen LogP contribution in [0.3, 0.4) is 0 Å². The molecule has 0 aromatic heterocycles. The van der Waals surface area contributed by atoms with Gasteiger partial charge in [-0.15, -0.1) is 0 Å². The van der Waals surface area contributed by atoms with Gasteiger partial charge in [0, 0.05) is 12.6 Å². The Morgan fingerprint density at radius 2 is 1.86 bits per heavy atom. The second-order valence-electron chi connectivity index (χ2n) is 4.96. The standard InChI is InChI=1S/C17H21NO3/c1-21-17-8-7-14(10-16(17)20)11-18-15(12-19)9-13-5-3-2-4-6-13/h2-8,10,15,18-20H,9,11-12H2,1H3/t15-/m0/s1. The zero-order valence-corrected chi connectivity index (χ0v) is 12.1. The van der Waals surface area contributed by atoms with Gasteiger partial charge in [-0.1, -0.05) is 36.4 Å². The maximum atomic E-state index is 9.75. The quantitative estimate of drug-likeness (QED) is 0.730. The molecule has 0 aliphatic heterocycles. The third-order valence-corrected chi connectivity index (χ3v) is 3.38. The predicted molar refractivity (Wildman–Crippen MR) is 82.5 cm³/mol. The Morgan fingerprint density at radius 1 is 1.10 bits per heavy atom. The maximum Gasteiger partial charge on any atom is 0.160 e. The van der Waals surface area contributed by atoms with Crippen LogP contribution in [0.5, 0.6) is 11.5 Å². The summed E-state index contributed by atoms with van der Waals surface area (Å²) in [6.45, 7) is 0.645. The molecule has 0 saturated carbocycles. The summed E-state index contributed by atoms with van der Waals surface area (Å²) in [6, 6.07) is 15.3. The smallest absolute Gasteiger partial charge is 0.160 e. The number of hydrogen-bond acceptors (Lipinski definition) is 4. The molecule has 3 N–H and O–H groups in total. The highest BCUT2D eigenvalue weighted by Crippen LogP contribution is 2.26. The molecule has 0 fully saturated rings. The SMILES string of the molecule is COc1ccc(CN[C@H](CO)Cc2ccccc2)cc1O. The summed E-state index contributed by atoms with van der Waals surface area (Å²) < 4.78 is 5.02. The van der Waals surface area contributed by atoms with E-state index in [2.05, 4.69) is 5.32 Å². The second-order valence-corrected chi connectivity index (χ2v) is 4.96. The van der Waals surface area contributed by atoms with Crippen LogP contribution >= 0.6 is 0 Å². The van der Waals surface area contributed by atoms with Crippen LogP contribution in [-0.2, 0) is 13.0 Å². The van der Waals surface area contributed by atoms with Crippen LogP contribution in [0.4, 0.5) is 0 Å². The molecule has 0 aliphatic carbocycles. The van der Waals surface area contributed by atoms with Crippen LogP contribution in [0.15, 0.2) is 48.5 Å². The molecule has 4 heteroatoms. The molecular formula is C17H21NO3. The number of aliphatic hydroxyl groups is 1. The average Bonchev–Trinajstić information content (AvgIpc) is 2.52. The van der Waals surface area contributed by atoms with Gasteiger partial charge in [0.2, 0.25) is 0 Å². The highest BCUT2D eigenvalue weighted by Gasteiger charge is 2.09. The van der Waals surface area contributed by atoms with Crippen LogP contribution in [0.2, 0.25) is 0 Å². The molecule has 0 bridgehead atoms. The zero-order chi connectivity index (χ0) is 15.1. The fourth-order valence-electron chi connectivity index (χ4n) is 2.21. The van der Waals surface area contributed by atoms with Gasteiger partial charge in [-0.25, -0.2) is 0 Å². The van der Waals surface area contributed by atoms with Gasteiger partial charge in [-0.3, -0.25) is 0 Å². The Balaban J connectivity index is 1.92. The molecule has 0 saturated heterocycles. The maximum absolute atomic E-state index is 9.75. The molecule has 0 aliphatic rings. The number of phenolic OH excluding ortho intramolecular Hbond substituents is 1. The van der Waals surface area contributed by atoms with E-state index in [-0.39, 0.29) is 18.4 Å². The van der Waals surface area contributed by atoms with E-state index in [4.69, 9.17) is 4.74 Å². The highest BCUT2D eigenvalue weighted by molar-refractivity contribution is 5.41. The Kier molecular flexibility index (Phi) is 5.60. The average molecular weight is 287 g/mol. The number of aliphatic hydroxyl groups excluding tert-OH is 1. The fourth-order valence-corrected chi connectivity index (χ4v) is 2.21. The minimum absolute atomic E-state index is 0.0170. The van der Waals surface area contributed by atoms with Crippen molar-refractivity contribution in [1.82, 2.24) is 5.32 Å². The van der Waals surface area contributed by atoms with Crippen molar-refractivity contribution < 1.29 is 14.9 Å². The van der Waals surface area contributed by atoms with E-state index >= 15 is 0 Å². The lowest BCUT2D eigenvalue weighted by Gasteiger charge is -2.17. The van der Waals surface area contributed by atoms with Gasteiger partial charge in [0.15, 0.2) is 11.5 Å². The Bertz CT molecular complexity index is 557. The summed E-state index contributed by atoms with van der Waals surface area (Å²) in [5.74, 6) is 0.585. The summed E-state index contributed by atoms with van der Waals surface area (Å²) in [6.07, 6.45) is 0.763. The number of nitrogens with one attached hydrogen (secondary N) is 1. The van der Waals surface area contributed by atoms with E-state index < -0.39 is 0 Å². The number of ether oxygens (including phenoxy) is 1. The van der Waals surface area contributed by atoms with Crippen LogP contribution in [0, 0.1) is 0 Å². The van der Waals surface area contributed by atoms with Gasteiger partial charge in [0.25, 0.3) is 0 Å². The lowest BCUT2D eigenvalue weighted by molar-refractivity contribution is 0.240. The van der Waals surface area contributed by atoms with E-state index in [1.54, 1.807) is 12.1 Å². The van der Waals surface area contributed by atoms with Gasteiger partial charge in [-0.2, -0.15) is 0 Å². The van der Waals surface area contributed by atoms with Gasteiger partial charge in [0.1, 0.15) is 0 Å². The van der Waals surface area contributed by atoms with Crippen molar-refractivity contribution in [3.63, 3.8) is 0 Å². The van der Waals surface area contributed by atoms with Crippen LogP contribution < -0.4 is 10.1 Å². The van der Waals surface area contributed by atoms with Crippen molar-refractivity contribution in [3.8, 4) is 11.5 Å². The summed E-state index contributed by atoms with van der Waals surface area (Å²) in [5, 5.41) is 22.5. The van der Waals surface area contributed by atoms with Gasteiger partial charge in [-0.05, 0) is 29.7 Å². The first-order valence-corrected chi connectivity index (χ1v) is 6.97. The topological polar surface area (TPSA) is 61.7 Å². The third kappa shape index (κ3) is 4.48. The van der Waals surface area contributed by atoms with Crippen molar-refractivity contribution in [2.45, 2.75) is 19.0 Å². The minimum Gasteiger partial charge on any atom is -0.504 e.